The Morgan fingerprint density at radius 2 is 2.17 bits per heavy atom. The number of phenolic OH excluding ortho intramolecular Hbond substituents is 1. The normalized spacial score (nSPS) is 28.8. The Morgan fingerprint density at radius 3 is 2.89 bits per heavy atom. The van der Waals surface area contributed by atoms with Gasteiger partial charge >= 0.3 is 0 Å². The summed E-state index contributed by atoms with van der Waals surface area (Å²) in [5, 5.41) is 13.3. The first-order valence-corrected chi connectivity index (χ1v) is 7.11. The summed E-state index contributed by atoms with van der Waals surface area (Å²) in [6, 6.07) is 6.34. The van der Waals surface area contributed by atoms with Crippen LogP contribution in [0.15, 0.2) is 18.2 Å². The number of phenols is 1. The van der Waals surface area contributed by atoms with Crippen LogP contribution >= 0.6 is 0 Å². The Labute approximate surface area is 109 Å². The molecule has 98 valence electrons. The molecule has 2 heteroatoms. The van der Waals surface area contributed by atoms with Gasteiger partial charge in [-0.1, -0.05) is 19.9 Å². The van der Waals surface area contributed by atoms with E-state index in [9.17, 15) is 5.11 Å². The molecule has 2 N–H and O–H groups in total. The molecule has 1 aromatic rings. The summed E-state index contributed by atoms with van der Waals surface area (Å²) in [6.07, 6.45) is 4.92. The van der Waals surface area contributed by atoms with Gasteiger partial charge in [-0.05, 0) is 66.8 Å². The average Bonchev–Trinajstić information content (AvgIpc) is 2.94. The zero-order valence-electron chi connectivity index (χ0n) is 11.4. The van der Waals surface area contributed by atoms with Crippen LogP contribution in [-0.4, -0.2) is 11.7 Å². The van der Waals surface area contributed by atoms with E-state index in [0.29, 0.717) is 17.2 Å². The Balaban J connectivity index is 1.68. The molecule has 2 atom stereocenters. The standard InChI is InChI=1S/C16H23NO/c1-16(2)9-12(16)10-17-15-5-3-4-11-8-13(18)6-7-14(11)15/h6-8,12,15,17-18H,3-5,9-10H2,1-2H3. The highest BCUT2D eigenvalue weighted by Crippen LogP contribution is 2.51. The van der Waals surface area contributed by atoms with E-state index in [-0.39, 0.29) is 0 Å². The highest BCUT2D eigenvalue weighted by atomic mass is 16.3. The lowest BCUT2D eigenvalue weighted by molar-refractivity contribution is 0.424. The SMILES string of the molecule is CC1(C)CC1CNC1CCCc2cc(O)ccc21. The van der Waals surface area contributed by atoms with Crippen LogP contribution < -0.4 is 5.32 Å². The molecule has 2 aliphatic rings. The quantitative estimate of drug-likeness (QED) is 0.855. The van der Waals surface area contributed by atoms with Crippen molar-refractivity contribution >= 4 is 0 Å². The van der Waals surface area contributed by atoms with Crippen LogP contribution in [-0.2, 0) is 6.42 Å². The third-order valence-electron chi connectivity index (χ3n) is 4.77. The zero-order chi connectivity index (χ0) is 12.8. The molecular weight excluding hydrogens is 222 g/mol. The Hall–Kier alpha value is -1.02. The van der Waals surface area contributed by atoms with E-state index in [0.717, 1.165) is 18.9 Å². The van der Waals surface area contributed by atoms with E-state index in [1.807, 2.05) is 12.1 Å². The second kappa shape index (κ2) is 4.27. The van der Waals surface area contributed by atoms with E-state index >= 15 is 0 Å². The minimum atomic E-state index is 0.401. The first-order chi connectivity index (χ1) is 8.56. The third kappa shape index (κ3) is 2.26. The fraction of sp³-hybridized carbons (Fsp3) is 0.625. The molecule has 0 bridgehead atoms. The van der Waals surface area contributed by atoms with E-state index in [4.69, 9.17) is 0 Å². The molecule has 1 fully saturated rings. The van der Waals surface area contributed by atoms with Crippen molar-refractivity contribution < 1.29 is 5.11 Å². The number of aromatic hydroxyl groups is 1. The Kier molecular flexibility index (Phi) is 2.86. The van der Waals surface area contributed by atoms with Crippen molar-refractivity contribution in [2.75, 3.05) is 6.54 Å². The van der Waals surface area contributed by atoms with E-state index in [2.05, 4.69) is 25.2 Å². The maximum absolute atomic E-state index is 9.55. The van der Waals surface area contributed by atoms with Crippen molar-refractivity contribution in [1.29, 1.82) is 0 Å². The van der Waals surface area contributed by atoms with Crippen LogP contribution in [0, 0.1) is 11.3 Å². The van der Waals surface area contributed by atoms with Crippen LogP contribution in [0.2, 0.25) is 0 Å². The number of benzene rings is 1. The molecular formula is C16H23NO. The molecule has 2 aliphatic carbocycles. The van der Waals surface area contributed by atoms with Gasteiger partial charge in [0.1, 0.15) is 5.75 Å². The lowest BCUT2D eigenvalue weighted by atomic mass is 9.87. The Bertz CT molecular complexity index is 452. The smallest absolute Gasteiger partial charge is 0.115 e. The number of fused-ring (bicyclic) bond motifs is 1. The van der Waals surface area contributed by atoms with Crippen molar-refractivity contribution in [1.82, 2.24) is 5.32 Å². The zero-order valence-corrected chi connectivity index (χ0v) is 11.4. The summed E-state index contributed by atoms with van der Waals surface area (Å²) in [5.41, 5.74) is 3.28. The Morgan fingerprint density at radius 1 is 1.39 bits per heavy atom. The van der Waals surface area contributed by atoms with Gasteiger partial charge in [0.05, 0.1) is 0 Å². The minimum absolute atomic E-state index is 0.401. The largest absolute Gasteiger partial charge is 0.508 e. The monoisotopic (exact) mass is 245 g/mol. The number of rotatable bonds is 3. The molecule has 0 amide bonds. The predicted molar refractivity (Wildman–Crippen MR) is 73.7 cm³/mol. The first kappa shape index (κ1) is 12.0. The average molecular weight is 245 g/mol. The number of aryl methyl sites for hydroxylation is 1. The van der Waals surface area contributed by atoms with E-state index in [1.165, 1.54) is 30.4 Å². The summed E-state index contributed by atoms with van der Waals surface area (Å²) in [7, 11) is 0. The highest BCUT2D eigenvalue weighted by Gasteiger charge is 2.45. The lowest BCUT2D eigenvalue weighted by Gasteiger charge is -2.27. The molecule has 0 aromatic heterocycles. The van der Waals surface area contributed by atoms with Crippen molar-refractivity contribution in [3.05, 3.63) is 29.3 Å². The number of hydrogen-bond acceptors (Lipinski definition) is 2. The molecule has 0 radical (unpaired) electrons. The molecule has 2 unspecified atom stereocenters. The molecule has 0 heterocycles. The fourth-order valence-corrected chi connectivity index (χ4v) is 3.22. The van der Waals surface area contributed by atoms with Gasteiger partial charge in [0.2, 0.25) is 0 Å². The second-order valence-corrected chi connectivity index (χ2v) is 6.63. The van der Waals surface area contributed by atoms with Gasteiger partial charge in [-0.2, -0.15) is 0 Å². The van der Waals surface area contributed by atoms with Crippen LogP contribution in [0.25, 0.3) is 0 Å². The summed E-state index contributed by atoms with van der Waals surface area (Å²) >= 11 is 0. The molecule has 1 saturated carbocycles. The van der Waals surface area contributed by atoms with Crippen LogP contribution in [0.1, 0.15) is 50.3 Å². The maximum atomic E-state index is 9.55. The van der Waals surface area contributed by atoms with Crippen molar-refractivity contribution in [3.63, 3.8) is 0 Å². The van der Waals surface area contributed by atoms with Crippen molar-refractivity contribution in [2.24, 2.45) is 11.3 Å². The highest BCUT2D eigenvalue weighted by molar-refractivity contribution is 5.38. The topological polar surface area (TPSA) is 32.3 Å². The lowest BCUT2D eigenvalue weighted by Crippen LogP contribution is -2.27. The van der Waals surface area contributed by atoms with Gasteiger partial charge in [0.25, 0.3) is 0 Å². The first-order valence-electron chi connectivity index (χ1n) is 7.11. The van der Waals surface area contributed by atoms with Gasteiger partial charge in [-0.15, -0.1) is 0 Å². The van der Waals surface area contributed by atoms with Gasteiger partial charge in [0, 0.05) is 6.04 Å². The van der Waals surface area contributed by atoms with Gasteiger partial charge < -0.3 is 10.4 Å². The molecule has 1 aromatic carbocycles. The van der Waals surface area contributed by atoms with Crippen molar-refractivity contribution in [3.8, 4) is 5.75 Å². The molecule has 0 saturated heterocycles. The van der Waals surface area contributed by atoms with Gasteiger partial charge in [0.15, 0.2) is 0 Å². The molecule has 18 heavy (non-hydrogen) atoms. The van der Waals surface area contributed by atoms with Crippen LogP contribution in [0.4, 0.5) is 0 Å². The van der Waals surface area contributed by atoms with E-state index < -0.39 is 0 Å². The van der Waals surface area contributed by atoms with Crippen LogP contribution in [0.5, 0.6) is 5.75 Å². The van der Waals surface area contributed by atoms with Crippen LogP contribution in [0.3, 0.4) is 0 Å². The summed E-state index contributed by atoms with van der Waals surface area (Å²) in [5.74, 6) is 1.25. The molecule has 2 nitrogen and oxygen atoms in total. The third-order valence-corrected chi connectivity index (χ3v) is 4.77. The minimum Gasteiger partial charge on any atom is -0.508 e. The number of hydrogen-bond donors (Lipinski definition) is 2. The maximum Gasteiger partial charge on any atom is 0.115 e. The molecule has 0 aliphatic heterocycles. The second-order valence-electron chi connectivity index (χ2n) is 6.63. The van der Waals surface area contributed by atoms with Gasteiger partial charge in [-0.3, -0.25) is 0 Å². The summed E-state index contributed by atoms with van der Waals surface area (Å²) in [6.45, 7) is 5.84. The van der Waals surface area contributed by atoms with Gasteiger partial charge in [-0.25, -0.2) is 0 Å². The molecule has 0 spiro atoms. The van der Waals surface area contributed by atoms with Crippen molar-refractivity contribution in [2.45, 2.75) is 45.6 Å². The fourth-order valence-electron chi connectivity index (χ4n) is 3.22. The van der Waals surface area contributed by atoms with E-state index in [1.54, 1.807) is 0 Å². The summed E-state index contributed by atoms with van der Waals surface area (Å²) < 4.78 is 0. The predicted octanol–water partition coefficient (Wildman–Crippen LogP) is 3.41. The number of nitrogens with one attached hydrogen (secondary N) is 1. The summed E-state index contributed by atoms with van der Waals surface area (Å²) in [4.78, 5) is 0. The molecule has 3 rings (SSSR count).